The predicted molar refractivity (Wildman–Crippen MR) is 113 cm³/mol. The van der Waals surface area contributed by atoms with Gasteiger partial charge in [0.15, 0.2) is 11.4 Å². The minimum Gasteiger partial charge on any atom is -0.489 e. The van der Waals surface area contributed by atoms with Gasteiger partial charge in [0.25, 0.3) is 5.91 Å². The van der Waals surface area contributed by atoms with E-state index in [0.717, 1.165) is 18.1 Å². The summed E-state index contributed by atoms with van der Waals surface area (Å²) in [4.78, 5) is 24.1. The molecule has 1 fully saturated rings. The smallest absolute Gasteiger partial charge is 0.274 e. The molecule has 2 aliphatic heterocycles. The zero-order valence-corrected chi connectivity index (χ0v) is 17.9. The van der Waals surface area contributed by atoms with Crippen LogP contribution >= 0.6 is 0 Å². The number of fused-ring (bicyclic) bond motifs is 4. The first-order valence-corrected chi connectivity index (χ1v) is 10.8. The number of rotatable bonds is 3. The van der Waals surface area contributed by atoms with Crippen LogP contribution in [0.1, 0.15) is 28.9 Å². The molecule has 3 aromatic heterocycles. The molecular weight excluding hydrogens is 412 g/mol. The zero-order chi connectivity index (χ0) is 21.9. The van der Waals surface area contributed by atoms with Crippen molar-refractivity contribution in [2.75, 3.05) is 19.7 Å². The Morgan fingerprint density at radius 3 is 3.09 bits per heavy atom. The molecule has 5 heterocycles. The van der Waals surface area contributed by atoms with Crippen LogP contribution in [0.2, 0.25) is 0 Å². The van der Waals surface area contributed by atoms with E-state index < -0.39 is 0 Å². The number of hydrogen-bond acceptors (Lipinski definition) is 8. The Labute approximate surface area is 185 Å². The minimum absolute atomic E-state index is 0.204. The van der Waals surface area contributed by atoms with Crippen molar-refractivity contribution in [1.82, 2.24) is 39.7 Å². The molecule has 168 valence electrons. The summed E-state index contributed by atoms with van der Waals surface area (Å²) < 4.78 is 15.9. The van der Waals surface area contributed by atoms with Crippen molar-refractivity contribution in [3.8, 4) is 5.75 Å². The third kappa shape index (κ3) is 4.34. The van der Waals surface area contributed by atoms with Crippen molar-refractivity contribution >= 4 is 5.91 Å². The molecule has 0 saturated carbocycles. The molecule has 1 amide bonds. The molecule has 2 atom stereocenters. The van der Waals surface area contributed by atoms with Crippen LogP contribution in [-0.2, 0) is 31.0 Å². The monoisotopic (exact) mass is 438 g/mol. The first kappa shape index (κ1) is 20.6. The highest BCUT2D eigenvalue weighted by atomic mass is 16.5. The van der Waals surface area contributed by atoms with Crippen molar-refractivity contribution in [2.45, 2.75) is 45.3 Å². The number of ether oxygens (including phenoxy) is 2. The van der Waals surface area contributed by atoms with Crippen LogP contribution in [0.4, 0.5) is 0 Å². The van der Waals surface area contributed by atoms with Gasteiger partial charge in [-0.05, 0) is 19.1 Å². The topological polar surface area (TPSA) is 112 Å². The summed E-state index contributed by atoms with van der Waals surface area (Å²) >= 11 is 0. The van der Waals surface area contributed by atoms with Gasteiger partial charge in [0, 0.05) is 38.2 Å². The lowest BCUT2D eigenvalue weighted by atomic mass is 10.2. The lowest BCUT2D eigenvalue weighted by Gasteiger charge is -2.20. The van der Waals surface area contributed by atoms with Crippen LogP contribution in [-0.4, -0.2) is 72.2 Å². The quantitative estimate of drug-likeness (QED) is 0.629. The number of carbonyl (C=O) groups excluding carboxylic acids is 1. The lowest BCUT2D eigenvalue weighted by Crippen LogP contribution is -2.44. The first-order chi connectivity index (χ1) is 15.7. The summed E-state index contributed by atoms with van der Waals surface area (Å²) in [5, 5.41) is 11.4. The molecule has 0 unspecified atom stereocenters. The van der Waals surface area contributed by atoms with E-state index in [2.05, 4.69) is 42.0 Å². The molecule has 1 N–H and O–H groups in total. The SMILES string of the molecule is CCn1ccnc1CN1C[C@@H]2NC(=O)c3ncccc3OCCn3cc(nn3)CO[C@H]2C1. The normalized spacial score (nSPS) is 21.8. The molecule has 0 radical (unpaired) electrons. The van der Waals surface area contributed by atoms with Crippen molar-refractivity contribution in [3.05, 3.63) is 54.1 Å². The van der Waals surface area contributed by atoms with Crippen molar-refractivity contribution < 1.29 is 14.3 Å². The molecule has 5 rings (SSSR count). The highest BCUT2D eigenvalue weighted by Gasteiger charge is 2.36. The van der Waals surface area contributed by atoms with Gasteiger partial charge in [-0.2, -0.15) is 0 Å². The fraction of sp³-hybridized carbons (Fsp3) is 0.476. The lowest BCUT2D eigenvalue weighted by molar-refractivity contribution is 0.0291. The predicted octanol–water partition coefficient (Wildman–Crippen LogP) is 0.481. The molecular formula is C21H26N8O3. The van der Waals surface area contributed by atoms with Crippen molar-refractivity contribution in [2.24, 2.45) is 0 Å². The Morgan fingerprint density at radius 2 is 2.19 bits per heavy atom. The van der Waals surface area contributed by atoms with Gasteiger partial charge in [-0.3, -0.25) is 9.69 Å². The second-order valence-corrected chi connectivity index (χ2v) is 7.92. The molecule has 2 bridgehead atoms. The Balaban J connectivity index is 1.39. The van der Waals surface area contributed by atoms with E-state index in [-0.39, 0.29) is 23.7 Å². The molecule has 11 heteroatoms. The number of imidazole rings is 1. The number of nitrogens with one attached hydrogen (secondary N) is 1. The Kier molecular flexibility index (Phi) is 5.82. The van der Waals surface area contributed by atoms with Crippen molar-refractivity contribution in [3.63, 3.8) is 0 Å². The van der Waals surface area contributed by atoms with Crippen LogP contribution in [0.3, 0.4) is 0 Å². The minimum atomic E-state index is -0.273. The fourth-order valence-corrected chi connectivity index (χ4v) is 4.14. The van der Waals surface area contributed by atoms with Gasteiger partial charge in [-0.1, -0.05) is 5.21 Å². The molecule has 0 aliphatic carbocycles. The molecule has 32 heavy (non-hydrogen) atoms. The van der Waals surface area contributed by atoms with Gasteiger partial charge in [0.05, 0.1) is 38.0 Å². The van der Waals surface area contributed by atoms with Gasteiger partial charge in [-0.15, -0.1) is 5.10 Å². The summed E-state index contributed by atoms with van der Waals surface area (Å²) in [5.41, 5.74) is 1.01. The maximum Gasteiger partial charge on any atom is 0.274 e. The highest BCUT2D eigenvalue weighted by Crippen LogP contribution is 2.21. The summed E-state index contributed by atoms with van der Waals surface area (Å²) in [6.07, 6.45) is 7.04. The van der Waals surface area contributed by atoms with E-state index in [1.807, 2.05) is 18.6 Å². The van der Waals surface area contributed by atoms with Gasteiger partial charge >= 0.3 is 0 Å². The fourth-order valence-electron chi connectivity index (χ4n) is 4.14. The standard InChI is InChI=1S/C21H26N8O3/c1-2-28-7-6-22-19(28)13-27-11-16-18(12-27)32-14-15-10-29(26-25-15)8-9-31-17-4-3-5-23-20(17)21(30)24-16/h3-7,10,16,18H,2,8-9,11-14H2,1H3,(H,24,30)/t16-,18-/m0/s1. The number of nitrogens with zero attached hydrogens (tertiary/aromatic N) is 7. The zero-order valence-electron chi connectivity index (χ0n) is 17.9. The second-order valence-electron chi connectivity index (χ2n) is 7.92. The van der Waals surface area contributed by atoms with E-state index >= 15 is 0 Å². The van der Waals surface area contributed by atoms with Crippen LogP contribution in [0, 0.1) is 0 Å². The van der Waals surface area contributed by atoms with E-state index in [1.165, 1.54) is 0 Å². The van der Waals surface area contributed by atoms with Crippen molar-refractivity contribution in [1.29, 1.82) is 0 Å². The number of hydrogen-bond donors (Lipinski definition) is 1. The first-order valence-electron chi connectivity index (χ1n) is 10.8. The Bertz CT molecular complexity index is 1080. The Hall–Kier alpha value is -3.31. The van der Waals surface area contributed by atoms with Gasteiger partial charge in [0.2, 0.25) is 0 Å². The maximum absolute atomic E-state index is 13.1. The largest absolute Gasteiger partial charge is 0.489 e. The molecule has 1 saturated heterocycles. The molecule has 3 aromatic rings. The third-order valence-electron chi connectivity index (χ3n) is 5.76. The molecule has 0 spiro atoms. The molecule has 0 aromatic carbocycles. The van der Waals surface area contributed by atoms with E-state index in [1.54, 1.807) is 23.0 Å². The number of aryl methyl sites for hydroxylation is 1. The van der Waals surface area contributed by atoms with E-state index in [9.17, 15) is 4.79 Å². The number of likely N-dealkylation sites (tertiary alicyclic amines) is 1. The van der Waals surface area contributed by atoms with Crippen LogP contribution < -0.4 is 10.1 Å². The average Bonchev–Trinajstić information content (AvgIpc) is 3.53. The summed E-state index contributed by atoms with van der Waals surface area (Å²) in [6.45, 7) is 6.12. The highest BCUT2D eigenvalue weighted by molar-refractivity contribution is 5.95. The van der Waals surface area contributed by atoms with E-state index in [4.69, 9.17) is 9.47 Å². The van der Waals surface area contributed by atoms with E-state index in [0.29, 0.717) is 45.1 Å². The number of carbonyl (C=O) groups is 1. The van der Waals surface area contributed by atoms with Crippen LogP contribution in [0.15, 0.2) is 36.9 Å². The van der Waals surface area contributed by atoms with Gasteiger partial charge < -0.3 is 19.4 Å². The number of aromatic nitrogens is 6. The Morgan fingerprint density at radius 1 is 1.25 bits per heavy atom. The van der Waals surface area contributed by atoms with Gasteiger partial charge in [0.1, 0.15) is 18.1 Å². The van der Waals surface area contributed by atoms with Crippen LogP contribution in [0.25, 0.3) is 0 Å². The van der Waals surface area contributed by atoms with Gasteiger partial charge in [-0.25, -0.2) is 14.6 Å². The maximum atomic E-state index is 13.1. The summed E-state index contributed by atoms with van der Waals surface area (Å²) in [5.74, 6) is 1.16. The molecule has 11 nitrogen and oxygen atoms in total. The number of amides is 1. The summed E-state index contributed by atoms with van der Waals surface area (Å²) in [6, 6.07) is 3.29. The number of pyridine rings is 1. The average molecular weight is 438 g/mol. The van der Waals surface area contributed by atoms with Crippen LogP contribution in [0.5, 0.6) is 5.75 Å². The molecule has 2 aliphatic rings. The summed E-state index contributed by atoms with van der Waals surface area (Å²) in [7, 11) is 0. The third-order valence-corrected chi connectivity index (χ3v) is 5.76. The second kappa shape index (κ2) is 9.05.